The summed E-state index contributed by atoms with van der Waals surface area (Å²) in [6.45, 7) is 1.46. The Hall–Kier alpha value is -1.81. The van der Waals surface area contributed by atoms with E-state index in [-0.39, 0.29) is 0 Å². The molecule has 0 aromatic carbocycles. The first kappa shape index (κ1) is 20.2. The van der Waals surface area contributed by atoms with Gasteiger partial charge in [0.1, 0.15) is 12.1 Å². The molecule has 0 spiro atoms. The Balaban J connectivity index is 4.88. The van der Waals surface area contributed by atoms with Crippen molar-refractivity contribution in [2.24, 2.45) is 11.5 Å². The van der Waals surface area contributed by atoms with E-state index in [1.807, 2.05) is 6.26 Å². The fourth-order valence-electron chi connectivity index (χ4n) is 1.48. The van der Waals surface area contributed by atoms with Crippen LogP contribution in [0.5, 0.6) is 0 Å². The molecular formula is C12H22N4O5S. The van der Waals surface area contributed by atoms with Crippen LogP contribution < -0.4 is 22.1 Å². The van der Waals surface area contributed by atoms with E-state index in [1.54, 1.807) is 0 Å². The first-order chi connectivity index (χ1) is 10.2. The summed E-state index contributed by atoms with van der Waals surface area (Å²) in [4.78, 5) is 45.5. The number of amides is 3. The summed E-state index contributed by atoms with van der Waals surface area (Å²) in [6, 6.07) is -3.17. The highest BCUT2D eigenvalue weighted by atomic mass is 32.2. The van der Waals surface area contributed by atoms with Gasteiger partial charge in [-0.2, -0.15) is 11.8 Å². The molecular weight excluding hydrogens is 312 g/mol. The number of nitrogens with one attached hydrogen (secondary N) is 2. The predicted octanol–water partition coefficient (Wildman–Crippen LogP) is -1.98. The largest absolute Gasteiger partial charge is 0.480 e. The predicted molar refractivity (Wildman–Crippen MR) is 82.0 cm³/mol. The van der Waals surface area contributed by atoms with Crippen molar-refractivity contribution in [3.8, 4) is 0 Å². The van der Waals surface area contributed by atoms with Crippen molar-refractivity contribution in [3.63, 3.8) is 0 Å². The molecule has 0 aliphatic rings. The second-order valence-electron chi connectivity index (χ2n) is 4.70. The van der Waals surface area contributed by atoms with Gasteiger partial charge in [0.2, 0.25) is 17.7 Å². The average Bonchev–Trinajstić information content (AvgIpc) is 2.41. The summed E-state index contributed by atoms with van der Waals surface area (Å²) >= 11 is 1.47. The maximum absolute atomic E-state index is 12.1. The molecule has 0 aliphatic heterocycles. The average molecular weight is 334 g/mol. The second kappa shape index (κ2) is 10.0. The third-order valence-electron chi connectivity index (χ3n) is 2.68. The highest BCUT2D eigenvalue weighted by Crippen LogP contribution is 2.03. The molecule has 3 amide bonds. The van der Waals surface area contributed by atoms with Gasteiger partial charge in [0.05, 0.1) is 12.5 Å². The van der Waals surface area contributed by atoms with Gasteiger partial charge >= 0.3 is 5.97 Å². The fourth-order valence-corrected chi connectivity index (χ4v) is 1.95. The molecule has 0 saturated carbocycles. The normalized spacial score (nSPS) is 14.5. The molecule has 0 aliphatic carbocycles. The van der Waals surface area contributed by atoms with E-state index in [4.69, 9.17) is 16.6 Å². The number of thioether (sulfide) groups is 1. The van der Waals surface area contributed by atoms with Gasteiger partial charge < -0.3 is 27.2 Å². The van der Waals surface area contributed by atoms with Crippen LogP contribution in [0.15, 0.2) is 0 Å². The van der Waals surface area contributed by atoms with Crippen molar-refractivity contribution in [3.05, 3.63) is 0 Å². The minimum Gasteiger partial charge on any atom is -0.480 e. The number of hydrogen-bond acceptors (Lipinski definition) is 6. The molecule has 0 unspecified atom stereocenters. The highest BCUT2D eigenvalue weighted by molar-refractivity contribution is 7.98. The van der Waals surface area contributed by atoms with Crippen molar-refractivity contribution in [1.82, 2.24) is 10.6 Å². The zero-order chi connectivity index (χ0) is 17.3. The van der Waals surface area contributed by atoms with E-state index in [0.717, 1.165) is 0 Å². The van der Waals surface area contributed by atoms with Crippen LogP contribution in [0.25, 0.3) is 0 Å². The first-order valence-corrected chi connectivity index (χ1v) is 7.94. The molecule has 0 saturated heterocycles. The Bertz CT molecular complexity index is 430. The first-order valence-electron chi connectivity index (χ1n) is 6.55. The molecule has 22 heavy (non-hydrogen) atoms. The molecule has 7 N–H and O–H groups in total. The van der Waals surface area contributed by atoms with Crippen LogP contribution in [0.2, 0.25) is 0 Å². The van der Waals surface area contributed by atoms with E-state index in [0.29, 0.717) is 12.2 Å². The van der Waals surface area contributed by atoms with Crippen molar-refractivity contribution >= 4 is 35.5 Å². The van der Waals surface area contributed by atoms with Crippen LogP contribution in [0.1, 0.15) is 19.8 Å². The molecule has 0 fully saturated rings. The van der Waals surface area contributed by atoms with Crippen LogP contribution >= 0.6 is 11.8 Å². The Morgan fingerprint density at radius 1 is 1.14 bits per heavy atom. The maximum atomic E-state index is 12.1. The summed E-state index contributed by atoms with van der Waals surface area (Å²) in [5.74, 6) is -2.88. The lowest BCUT2D eigenvalue weighted by molar-refractivity contribution is -0.143. The third-order valence-corrected chi connectivity index (χ3v) is 3.32. The number of nitrogens with two attached hydrogens (primary N) is 2. The van der Waals surface area contributed by atoms with Gasteiger partial charge in [-0.25, -0.2) is 4.79 Å². The van der Waals surface area contributed by atoms with E-state index >= 15 is 0 Å². The molecule has 0 bridgehead atoms. The van der Waals surface area contributed by atoms with Crippen molar-refractivity contribution in [2.45, 2.75) is 37.9 Å². The lowest BCUT2D eigenvalue weighted by Gasteiger charge is -2.21. The quantitative estimate of drug-likeness (QED) is 0.309. The van der Waals surface area contributed by atoms with Gasteiger partial charge in [-0.05, 0) is 25.4 Å². The van der Waals surface area contributed by atoms with Gasteiger partial charge in [0.25, 0.3) is 0 Å². The Morgan fingerprint density at radius 2 is 1.68 bits per heavy atom. The van der Waals surface area contributed by atoms with Gasteiger partial charge in [-0.1, -0.05) is 0 Å². The van der Waals surface area contributed by atoms with Gasteiger partial charge in [-0.3, -0.25) is 14.4 Å². The maximum Gasteiger partial charge on any atom is 0.326 e. The van der Waals surface area contributed by atoms with Crippen LogP contribution in [-0.4, -0.2) is 58.9 Å². The number of primary amides is 1. The Kier molecular flexibility index (Phi) is 9.18. The number of carbonyl (C=O) groups is 4. The summed E-state index contributed by atoms with van der Waals surface area (Å²) in [6.07, 6.45) is 1.60. The summed E-state index contributed by atoms with van der Waals surface area (Å²) < 4.78 is 0. The van der Waals surface area contributed by atoms with Crippen LogP contribution in [0.4, 0.5) is 0 Å². The molecule has 0 rings (SSSR count). The summed E-state index contributed by atoms with van der Waals surface area (Å²) in [5.41, 5.74) is 10.4. The highest BCUT2D eigenvalue weighted by Gasteiger charge is 2.27. The van der Waals surface area contributed by atoms with Crippen LogP contribution in [0.3, 0.4) is 0 Å². The zero-order valence-electron chi connectivity index (χ0n) is 12.5. The summed E-state index contributed by atoms with van der Waals surface area (Å²) in [5, 5.41) is 13.6. The van der Waals surface area contributed by atoms with E-state index < -0.39 is 48.2 Å². The number of hydrogen-bond donors (Lipinski definition) is 5. The standard InChI is InChI=1S/C12H22N4O5S/c1-6(13)10(18)15-7(3-4-22-2)11(19)16-8(12(20)21)5-9(14)17/h6-8H,3-5,13H2,1-2H3,(H2,14,17)(H,15,18)(H,16,19)(H,20,21)/t6-,7-,8-/m0/s1. The number of carboxylic acid groups (broad SMARTS) is 1. The van der Waals surface area contributed by atoms with Crippen LogP contribution in [-0.2, 0) is 19.2 Å². The number of carbonyl (C=O) groups excluding carboxylic acids is 3. The molecule has 10 heteroatoms. The lowest BCUT2D eigenvalue weighted by Crippen LogP contribution is -2.54. The molecule has 0 aromatic heterocycles. The number of rotatable bonds is 10. The minimum absolute atomic E-state index is 0.300. The van der Waals surface area contributed by atoms with Gasteiger partial charge in [0, 0.05) is 0 Å². The third kappa shape index (κ3) is 7.84. The van der Waals surface area contributed by atoms with E-state index in [1.165, 1.54) is 18.7 Å². The van der Waals surface area contributed by atoms with Gasteiger partial charge in [-0.15, -0.1) is 0 Å². The van der Waals surface area contributed by atoms with Crippen molar-refractivity contribution in [2.75, 3.05) is 12.0 Å². The summed E-state index contributed by atoms with van der Waals surface area (Å²) in [7, 11) is 0. The molecule has 9 nitrogen and oxygen atoms in total. The molecule has 0 heterocycles. The molecule has 0 radical (unpaired) electrons. The van der Waals surface area contributed by atoms with Crippen molar-refractivity contribution < 1.29 is 24.3 Å². The molecule has 0 aromatic rings. The number of aliphatic carboxylic acids is 1. The fraction of sp³-hybridized carbons (Fsp3) is 0.667. The van der Waals surface area contributed by atoms with E-state index in [2.05, 4.69) is 10.6 Å². The second-order valence-corrected chi connectivity index (χ2v) is 5.69. The Labute approximate surface area is 132 Å². The van der Waals surface area contributed by atoms with Gasteiger partial charge in [0.15, 0.2) is 0 Å². The minimum atomic E-state index is -1.44. The SMILES string of the molecule is CSCC[C@H](NC(=O)[C@H](C)N)C(=O)N[C@@H](CC(N)=O)C(=O)O. The lowest BCUT2D eigenvalue weighted by atomic mass is 10.1. The Morgan fingerprint density at radius 3 is 2.09 bits per heavy atom. The monoisotopic (exact) mass is 334 g/mol. The topological polar surface area (TPSA) is 165 Å². The van der Waals surface area contributed by atoms with E-state index in [9.17, 15) is 19.2 Å². The molecule has 3 atom stereocenters. The number of carboxylic acids is 1. The van der Waals surface area contributed by atoms with Crippen molar-refractivity contribution in [1.29, 1.82) is 0 Å². The van der Waals surface area contributed by atoms with Crippen LogP contribution in [0, 0.1) is 0 Å². The molecule has 126 valence electrons. The zero-order valence-corrected chi connectivity index (χ0v) is 13.3. The smallest absolute Gasteiger partial charge is 0.326 e.